The van der Waals surface area contributed by atoms with Gasteiger partial charge >= 0.3 is 6.03 Å². The van der Waals surface area contributed by atoms with Crippen LogP contribution in [0.3, 0.4) is 0 Å². The van der Waals surface area contributed by atoms with Gasteiger partial charge in [-0.15, -0.1) is 0 Å². The molecule has 2 fully saturated rings. The molecule has 2 aliphatic rings. The van der Waals surface area contributed by atoms with Gasteiger partial charge in [0, 0.05) is 49.4 Å². The summed E-state index contributed by atoms with van der Waals surface area (Å²) >= 11 is 5.91. The van der Waals surface area contributed by atoms with Gasteiger partial charge in [-0.25, -0.2) is 4.79 Å². The zero-order valence-corrected chi connectivity index (χ0v) is 17.4. The number of nitrogens with zero attached hydrogens (tertiary/aromatic N) is 3. The molecule has 5 nitrogen and oxygen atoms in total. The second-order valence-corrected chi connectivity index (χ2v) is 8.35. The maximum absolute atomic E-state index is 12.9. The molecule has 0 bridgehead atoms. The van der Waals surface area contributed by atoms with Crippen LogP contribution in [0.5, 0.6) is 0 Å². The number of hydrogen-bond donors (Lipinski definition) is 0. The lowest BCUT2D eigenvalue weighted by molar-refractivity contribution is 0.0663. The van der Waals surface area contributed by atoms with Crippen molar-refractivity contribution in [2.45, 2.75) is 32.4 Å². The van der Waals surface area contributed by atoms with Gasteiger partial charge in [0.25, 0.3) is 5.91 Å². The van der Waals surface area contributed by atoms with E-state index in [1.807, 2.05) is 14.7 Å². The lowest BCUT2D eigenvalue weighted by Crippen LogP contribution is -2.48. The van der Waals surface area contributed by atoms with Crippen LogP contribution in [0.1, 0.15) is 34.3 Å². The molecule has 6 heteroatoms. The van der Waals surface area contributed by atoms with Crippen LogP contribution in [0.4, 0.5) is 4.79 Å². The fraction of sp³-hybridized carbons (Fsp3) is 0.391. The number of hydrogen-bond acceptors (Lipinski definition) is 2. The van der Waals surface area contributed by atoms with Gasteiger partial charge in [0.15, 0.2) is 0 Å². The molecule has 3 amide bonds. The summed E-state index contributed by atoms with van der Waals surface area (Å²) in [6.45, 7) is 5.60. The zero-order chi connectivity index (χ0) is 20.4. The minimum atomic E-state index is 0.0360. The van der Waals surface area contributed by atoms with Crippen molar-refractivity contribution >= 4 is 23.5 Å². The number of halogens is 1. The monoisotopic (exact) mass is 411 g/mol. The summed E-state index contributed by atoms with van der Waals surface area (Å²) in [5.74, 6) is 0.0360. The van der Waals surface area contributed by atoms with Crippen molar-refractivity contribution < 1.29 is 9.59 Å². The number of urea groups is 1. The van der Waals surface area contributed by atoms with Crippen molar-refractivity contribution in [2.24, 2.45) is 0 Å². The Labute approximate surface area is 176 Å². The van der Waals surface area contributed by atoms with Crippen LogP contribution in [-0.4, -0.2) is 58.9 Å². The van der Waals surface area contributed by atoms with Gasteiger partial charge in [-0.2, -0.15) is 0 Å². The Kier molecular flexibility index (Phi) is 5.76. The predicted molar refractivity (Wildman–Crippen MR) is 114 cm³/mol. The van der Waals surface area contributed by atoms with E-state index >= 15 is 0 Å². The Hall–Kier alpha value is -2.53. The highest BCUT2D eigenvalue weighted by atomic mass is 35.5. The molecule has 0 unspecified atom stereocenters. The summed E-state index contributed by atoms with van der Waals surface area (Å²) in [4.78, 5) is 31.4. The van der Waals surface area contributed by atoms with E-state index in [2.05, 4.69) is 31.2 Å². The Balaban J connectivity index is 1.31. The van der Waals surface area contributed by atoms with Crippen molar-refractivity contribution in [1.82, 2.24) is 14.7 Å². The fourth-order valence-corrected chi connectivity index (χ4v) is 4.28. The van der Waals surface area contributed by atoms with Crippen LogP contribution in [0, 0.1) is 6.92 Å². The molecule has 2 aliphatic heterocycles. The smallest absolute Gasteiger partial charge is 0.320 e. The number of rotatable bonds is 4. The minimum absolute atomic E-state index is 0.0360. The number of likely N-dealkylation sites (tertiary alicyclic amines) is 1. The second kappa shape index (κ2) is 8.46. The molecule has 2 aromatic carbocycles. The summed E-state index contributed by atoms with van der Waals surface area (Å²) in [5, 5.41) is 0.628. The topological polar surface area (TPSA) is 43.9 Å². The van der Waals surface area contributed by atoms with Crippen molar-refractivity contribution in [3.8, 4) is 0 Å². The van der Waals surface area contributed by atoms with E-state index in [1.165, 1.54) is 5.56 Å². The number of piperidine rings is 1. The van der Waals surface area contributed by atoms with E-state index < -0.39 is 0 Å². The number of carbonyl (C=O) groups excluding carboxylic acids is 2. The molecule has 152 valence electrons. The molecular formula is C23H26ClN3O2. The largest absolute Gasteiger partial charge is 0.338 e. The van der Waals surface area contributed by atoms with E-state index in [4.69, 9.17) is 11.6 Å². The zero-order valence-electron chi connectivity index (χ0n) is 16.7. The lowest BCUT2D eigenvalue weighted by Gasteiger charge is -2.36. The van der Waals surface area contributed by atoms with Crippen molar-refractivity contribution in [3.05, 3.63) is 70.2 Å². The van der Waals surface area contributed by atoms with Gasteiger partial charge in [0.1, 0.15) is 0 Å². The third-order valence-corrected chi connectivity index (χ3v) is 6.16. The Morgan fingerprint density at radius 2 is 1.62 bits per heavy atom. The quantitative estimate of drug-likeness (QED) is 0.757. The van der Waals surface area contributed by atoms with Crippen molar-refractivity contribution in [3.63, 3.8) is 0 Å². The first-order chi connectivity index (χ1) is 14.0. The molecule has 0 radical (unpaired) electrons. The summed E-state index contributed by atoms with van der Waals surface area (Å²) in [6.07, 6.45) is 1.65. The van der Waals surface area contributed by atoms with Crippen molar-refractivity contribution in [1.29, 1.82) is 0 Å². The molecule has 0 aliphatic carbocycles. The average Bonchev–Trinajstić information content (AvgIpc) is 3.10. The molecule has 29 heavy (non-hydrogen) atoms. The highest BCUT2D eigenvalue weighted by Crippen LogP contribution is 2.24. The third-order valence-electron chi connectivity index (χ3n) is 5.90. The molecule has 0 saturated carbocycles. The normalized spacial score (nSPS) is 17.9. The van der Waals surface area contributed by atoms with Crippen LogP contribution in [0.2, 0.25) is 5.02 Å². The molecule has 0 aromatic heterocycles. The number of benzene rings is 2. The molecule has 0 atom stereocenters. The summed E-state index contributed by atoms with van der Waals surface area (Å²) in [7, 11) is 0. The van der Waals surface area contributed by atoms with Gasteiger partial charge in [-0.1, -0.05) is 41.4 Å². The van der Waals surface area contributed by atoms with E-state index in [1.54, 1.807) is 24.3 Å². The van der Waals surface area contributed by atoms with Gasteiger partial charge in [0.05, 0.1) is 0 Å². The third kappa shape index (κ3) is 4.40. The highest BCUT2D eigenvalue weighted by molar-refractivity contribution is 6.30. The maximum Gasteiger partial charge on any atom is 0.320 e. The lowest BCUT2D eigenvalue weighted by atomic mass is 10.0. The van der Waals surface area contributed by atoms with Gasteiger partial charge in [-0.05, 0) is 49.6 Å². The molecule has 2 heterocycles. The molecule has 0 spiro atoms. The fourth-order valence-electron chi connectivity index (χ4n) is 4.16. The minimum Gasteiger partial charge on any atom is -0.338 e. The number of aryl methyl sites for hydroxylation is 1. The molecule has 4 rings (SSSR count). The Morgan fingerprint density at radius 1 is 0.966 bits per heavy atom. The summed E-state index contributed by atoms with van der Waals surface area (Å²) in [5.41, 5.74) is 3.05. The van der Waals surface area contributed by atoms with Crippen molar-refractivity contribution in [2.75, 3.05) is 26.2 Å². The van der Waals surface area contributed by atoms with Crippen LogP contribution >= 0.6 is 11.6 Å². The van der Waals surface area contributed by atoms with Crippen LogP contribution < -0.4 is 0 Å². The Morgan fingerprint density at radius 3 is 2.28 bits per heavy atom. The molecule has 2 saturated heterocycles. The van der Waals surface area contributed by atoms with Crippen LogP contribution in [0.15, 0.2) is 48.5 Å². The molecule has 0 N–H and O–H groups in total. The Bertz CT molecular complexity index is 874. The first-order valence-electron chi connectivity index (χ1n) is 10.2. The first-order valence-corrected chi connectivity index (χ1v) is 10.5. The second-order valence-electron chi connectivity index (χ2n) is 7.91. The maximum atomic E-state index is 12.9. The van der Waals surface area contributed by atoms with E-state index in [0.29, 0.717) is 30.2 Å². The average molecular weight is 412 g/mol. The molecular weight excluding hydrogens is 386 g/mol. The van der Waals surface area contributed by atoms with Gasteiger partial charge in [0.2, 0.25) is 0 Å². The summed E-state index contributed by atoms with van der Waals surface area (Å²) < 4.78 is 0. The van der Waals surface area contributed by atoms with Gasteiger partial charge < -0.3 is 14.7 Å². The highest BCUT2D eigenvalue weighted by Gasteiger charge is 2.36. The SMILES string of the molecule is Cc1ccc(CN2CCN(C3CCN(C(=O)c4ccc(Cl)cc4)CC3)C2=O)cc1. The van der Waals surface area contributed by atoms with E-state index in [9.17, 15) is 9.59 Å². The predicted octanol–water partition coefficient (Wildman–Crippen LogP) is 4.19. The standard InChI is InChI=1S/C23H26ClN3O2/c1-17-2-4-18(5-3-17)16-26-14-15-27(23(26)29)21-10-12-25(13-11-21)22(28)19-6-8-20(24)9-7-19/h2-9,21H,10-16H2,1H3. The van der Waals surface area contributed by atoms with E-state index in [-0.39, 0.29) is 18.0 Å². The van der Waals surface area contributed by atoms with Gasteiger partial charge in [-0.3, -0.25) is 4.79 Å². The van der Waals surface area contributed by atoms with E-state index in [0.717, 1.165) is 31.5 Å². The van der Waals surface area contributed by atoms with Crippen LogP contribution in [0.25, 0.3) is 0 Å². The molecule has 2 aromatic rings. The number of amides is 3. The summed E-state index contributed by atoms with van der Waals surface area (Å²) in [6, 6.07) is 15.7. The van der Waals surface area contributed by atoms with Crippen LogP contribution in [-0.2, 0) is 6.54 Å². The first kappa shape index (κ1) is 19.8. The number of carbonyl (C=O) groups is 2.